The van der Waals surface area contributed by atoms with E-state index in [-0.39, 0.29) is 5.91 Å². The van der Waals surface area contributed by atoms with Gasteiger partial charge in [-0.05, 0) is 31.0 Å². The molecule has 1 aromatic rings. The van der Waals surface area contributed by atoms with Crippen molar-refractivity contribution in [1.82, 2.24) is 10.6 Å². The van der Waals surface area contributed by atoms with Crippen molar-refractivity contribution in [2.75, 3.05) is 49.6 Å². The van der Waals surface area contributed by atoms with Crippen LogP contribution in [0.3, 0.4) is 0 Å². The van der Waals surface area contributed by atoms with Gasteiger partial charge in [0.15, 0.2) is 0 Å². The van der Waals surface area contributed by atoms with Crippen molar-refractivity contribution < 1.29 is 4.79 Å². The van der Waals surface area contributed by atoms with Crippen LogP contribution in [0.15, 0.2) is 23.9 Å². The van der Waals surface area contributed by atoms with E-state index in [0.29, 0.717) is 0 Å². The first-order valence-corrected chi connectivity index (χ1v) is 8.11. The molecule has 0 aromatic heterocycles. The van der Waals surface area contributed by atoms with Crippen molar-refractivity contribution in [1.29, 1.82) is 0 Å². The SMILES string of the molecule is CN1C(=O)/C(=C2/CNCCN2)c2cc(N3CCCC3)ccc21. The average Bonchev–Trinajstić information content (AvgIpc) is 3.17. The normalized spacial score (nSPS) is 24.7. The second-order valence-electron chi connectivity index (χ2n) is 6.22. The van der Waals surface area contributed by atoms with Gasteiger partial charge in [-0.15, -0.1) is 0 Å². The van der Waals surface area contributed by atoms with E-state index in [9.17, 15) is 4.79 Å². The Morgan fingerprint density at radius 3 is 2.68 bits per heavy atom. The minimum absolute atomic E-state index is 0.0970. The number of nitrogens with one attached hydrogen (secondary N) is 2. The molecule has 3 aliphatic rings. The Morgan fingerprint density at radius 2 is 1.95 bits per heavy atom. The van der Waals surface area contributed by atoms with E-state index in [2.05, 4.69) is 33.7 Å². The maximum atomic E-state index is 12.7. The van der Waals surface area contributed by atoms with Crippen molar-refractivity contribution in [3.05, 3.63) is 29.5 Å². The number of hydrogen-bond acceptors (Lipinski definition) is 4. The van der Waals surface area contributed by atoms with Crippen LogP contribution in [0.4, 0.5) is 11.4 Å². The molecule has 0 saturated carbocycles. The number of carbonyl (C=O) groups is 1. The van der Waals surface area contributed by atoms with E-state index >= 15 is 0 Å². The predicted octanol–water partition coefficient (Wildman–Crippen LogP) is 1.17. The van der Waals surface area contributed by atoms with Crippen LogP contribution in [0.25, 0.3) is 5.57 Å². The molecule has 5 heteroatoms. The van der Waals surface area contributed by atoms with Crippen LogP contribution in [-0.4, -0.2) is 45.7 Å². The zero-order chi connectivity index (χ0) is 15.1. The Bertz CT molecular complexity index is 638. The quantitative estimate of drug-likeness (QED) is 0.764. The number of rotatable bonds is 1. The topological polar surface area (TPSA) is 47.6 Å². The van der Waals surface area contributed by atoms with Crippen LogP contribution in [-0.2, 0) is 4.79 Å². The van der Waals surface area contributed by atoms with Crippen molar-refractivity contribution >= 4 is 22.9 Å². The Labute approximate surface area is 131 Å². The van der Waals surface area contributed by atoms with Crippen LogP contribution in [0, 0.1) is 0 Å². The van der Waals surface area contributed by atoms with Gasteiger partial charge in [0.1, 0.15) is 0 Å². The first kappa shape index (κ1) is 13.6. The molecule has 2 N–H and O–H groups in total. The first-order valence-electron chi connectivity index (χ1n) is 8.11. The minimum Gasteiger partial charge on any atom is -0.385 e. The van der Waals surface area contributed by atoms with Crippen molar-refractivity contribution in [2.45, 2.75) is 12.8 Å². The van der Waals surface area contributed by atoms with Gasteiger partial charge in [0.25, 0.3) is 5.91 Å². The molecule has 4 rings (SSSR count). The lowest BCUT2D eigenvalue weighted by molar-refractivity contribution is -0.112. The Morgan fingerprint density at radius 1 is 1.14 bits per heavy atom. The molecule has 3 aliphatic heterocycles. The van der Waals surface area contributed by atoms with E-state index in [1.165, 1.54) is 18.5 Å². The Kier molecular flexibility index (Phi) is 3.30. The van der Waals surface area contributed by atoms with Crippen LogP contribution in [0.2, 0.25) is 0 Å². The first-order chi connectivity index (χ1) is 10.8. The van der Waals surface area contributed by atoms with Gasteiger partial charge in [-0.2, -0.15) is 0 Å². The maximum Gasteiger partial charge on any atom is 0.260 e. The van der Waals surface area contributed by atoms with Crippen molar-refractivity contribution in [3.63, 3.8) is 0 Å². The molecule has 22 heavy (non-hydrogen) atoms. The molecule has 0 spiro atoms. The fourth-order valence-electron chi connectivity index (χ4n) is 3.63. The highest BCUT2D eigenvalue weighted by atomic mass is 16.2. The summed E-state index contributed by atoms with van der Waals surface area (Å²) in [4.78, 5) is 16.9. The van der Waals surface area contributed by atoms with Crippen LogP contribution < -0.4 is 20.4 Å². The van der Waals surface area contributed by atoms with Gasteiger partial charge in [0.2, 0.25) is 0 Å². The van der Waals surface area contributed by atoms with Crippen LogP contribution in [0.1, 0.15) is 18.4 Å². The van der Waals surface area contributed by atoms with Gasteiger partial charge in [0.05, 0.1) is 11.3 Å². The van der Waals surface area contributed by atoms with Gasteiger partial charge < -0.3 is 20.4 Å². The zero-order valence-electron chi connectivity index (χ0n) is 13.0. The summed E-state index contributed by atoms with van der Waals surface area (Å²) in [6.45, 7) is 4.79. The highest BCUT2D eigenvalue weighted by Crippen LogP contribution is 2.39. The van der Waals surface area contributed by atoms with E-state index < -0.39 is 0 Å². The summed E-state index contributed by atoms with van der Waals surface area (Å²) >= 11 is 0. The average molecular weight is 298 g/mol. The highest BCUT2D eigenvalue weighted by molar-refractivity contribution is 6.33. The van der Waals surface area contributed by atoms with E-state index in [1.54, 1.807) is 4.90 Å². The standard InChI is InChI=1S/C17H22N4O/c1-20-15-5-4-12(21-8-2-3-9-21)10-13(15)16(17(20)22)14-11-18-6-7-19-14/h4-5,10,18-19H,2-3,6-9,11H2,1H3/b16-14-. The smallest absolute Gasteiger partial charge is 0.260 e. The minimum atomic E-state index is 0.0970. The summed E-state index contributed by atoms with van der Waals surface area (Å²) in [5.41, 5.74) is 5.19. The maximum absolute atomic E-state index is 12.7. The number of benzene rings is 1. The molecule has 116 valence electrons. The molecule has 1 amide bonds. The summed E-state index contributed by atoms with van der Waals surface area (Å²) in [7, 11) is 1.86. The monoisotopic (exact) mass is 298 g/mol. The number of anilines is 2. The largest absolute Gasteiger partial charge is 0.385 e. The van der Waals surface area contributed by atoms with Crippen LogP contribution in [0.5, 0.6) is 0 Å². The van der Waals surface area contributed by atoms with Gasteiger partial charge in [-0.25, -0.2) is 0 Å². The number of nitrogens with zero attached hydrogens (tertiary/aromatic N) is 2. The van der Waals surface area contributed by atoms with E-state index in [0.717, 1.165) is 55.2 Å². The second-order valence-corrected chi connectivity index (χ2v) is 6.22. The van der Waals surface area contributed by atoms with Gasteiger partial charge in [-0.1, -0.05) is 0 Å². The molecule has 0 bridgehead atoms. The van der Waals surface area contributed by atoms with Gasteiger partial charge in [-0.3, -0.25) is 4.79 Å². The summed E-state index contributed by atoms with van der Waals surface area (Å²) in [6.07, 6.45) is 2.52. The zero-order valence-corrected chi connectivity index (χ0v) is 13.0. The van der Waals surface area contributed by atoms with E-state index in [1.807, 2.05) is 7.05 Å². The highest BCUT2D eigenvalue weighted by Gasteiger charge is 2.33. The molecule has 0 radical (unpaired) electrons. The molecule has 2 saturated heterocycles. The Balaban J connectivity index is 1.79. The molecule has 1 aromatic carbocycles. The lowest BCUT2D eigenvalue weighted by Crippen LogP contribution is -2.39. The summed E-state index contributed by atoms with van der Waals surface area (Å²) in [5, 5.41) is 6.74. The van der Waals surface area contributed by atoms with Crippen LogP contribution >= 0.6 is 0 Å². The molecule has 0 aliphatic carbocycles. The number of hydrogen-bond donors (Lipinski definition) is 2. The predicted molar refractivity (Wildman–Crippen MR) is 89.1 cm³/mol. The van der Waals surface area contributed by atoms with Crippen molar-refractivity contribution in [3.8, 4) is 0 Å². The van der Waals surface area contributed by atoms with E-state index in [4.69, 9.17) is 0 Å². The molecule has 2 fully saturated rings. The fraction of sp³-hybridized carbons (Fsp3) is 0.471. The Hall–Kier alpha value is -2.01. The molecule has 0 unspecified atom stereocenters. The molecule has 3 heterocycles. The fourth-order valence-corrected chi connectivity index (χ4v) is 3.63. The molecule has 5 nitrogen and oxygen atoms in total. The second kappa shape index (κ2) is 5.32. The molecular weight excluding hydrogens is 276 g/mol. The van der Waals surface area contributed by atoms with Crippen molar-refractivity contribution in [2.24, 2.45) is 0 Å². The summed E-state index contributed by atoms with van der Waals surface area (Å²) in [6, 6.07) is 6.43. The number of carbonyl (C=O) groups excluding carboxylic acids is 1. The van der Waals surface area contributed by atoms with Gasteiger partial charge >= 0.3 is 0 Å². The summed E-state index contributed by atoms with van der Waals surface area (Å²) in [5.74, 6) is 0.0970. The lowest BCUT2D eigenvalue weighted by atomic mass is 10.0. The van der Waals surface area contributed by atoms with Gasteiger partial charge in [0, 0.05) is 56.7 Å². The third-order valence-corrected chi connectivity index (χ3v) is 4.84. The summed E-state index contributed by atoms with van der Waals surface area (Å²) < 4.78 is 0. The molecule has 0 atom stereocenters. The third-order valence-electron chi connectivity index (χ3n) is 4.84. The molecular formula is C17H22N4O. The number of amides is 1. The number of likely N-dealkylation sites (N-methyl/N-ethyl adjacent to an activating group) is 1. The number of piperazine rings is 1. The lowest BCUT2D eigenvalue weighted by Gasteiger charge is -2.21. The number of fused-ring (bicyclic) bond motifs is 1. The third kappa shape index (κ3) is 2.08.